The molecule has 1 aliphatic rings. The summed E-state index contributed by atoms with van der Waals surface area (Å²) in [7, 11) is 0. The summed E-state index contributed by atoms with van der Waals surface area (Å²) in [6.07, 6.45) is 0. The van der Waals surface area contributed by atoms with E-state index >= 15 is 0 Å². The minimum atomic E-state index is -0.608. The fourth-order valence-electron chi connectivity index (χ4n) is 2.32. The smallest absolute Gasteiger partial charge is 0.335 e. The molecule has 1 fully saturated rings. The molecule has 6 heteroatoms. The second kappa shape index (κ2) is 5.55. The largest absolute Gasteiger partial charge is 0.340 e. The molecule has 1 aromatic carbocycles. The van der Waals surface area contributed by atoms with E-state index in [0.717, 1.165) is 20.9 Å². The van der Waals surface area contributed by atoms with Gasteiger partial charge in [-0.25, -0.2) is 19.4 Å². The van der Waals surface area contributed by atoms with Gasteiger partial charge in [-0.15, -0.1) is 0 Å². The zero-order valence-electron chi connectivity index (χ0n) is 12.6. The van der Waals surface area contributed by atoms with Crippen molar-refractivity contribution in [3.8, 4) is 0 Å². The number of nitrogens with zero attached hydrogens (tertiary/aromatic N) is 2. The molecule has 21 heavy (non-hydrogen) atoms. The maximum Gasteiger partial charge on any atom is 0.340 e. The number of urea groups is 2. The molecule has 0 atom stereocenters. The van der Waals surface area contributed by atoms with E-state index in [1.165, 1.54) is 0 Å². The van der Waals surface area contributed by atoms with Gasteiger partial charge in [0.1, 0.15) is 6.54 Å². The van der Waals surface area contributed by atoms with E-state index in [2.05, 4.69) is 5.32 Å². The van der Waals surface area contributed by atoms with Gasteiger partial charge in [0.15, 0.2) is 0 Å². The van der Waals surface area contributed by atoms with Gasteiger partial charge in [-0.3, -0.25) is 4.79 Å². The minimum Gasteiger partial charge on any atom is -0.335 e. The Labute approximate surface area is 123 Å². The summed E-state index contributed by atoms with van der Waals surface area (Å²) < 4.78 is 0. The molecule has 0 saturated carbocycles. The molecule has 1 N–H and O–H groups in total. The van der Waals surface area contributed by atoms with Gasteiger partial charge in [0.25, 0.3) is 5.91 Å². The van der Waals surface area contributed by atoms with Crippen LogP contribution in [0.5, 0.6) is 0 Å². The number of amides is 5. The molecule has 0 spiro atoms. The number of carbonyl (C=O) groups excluding carboxylic acids is 3. The molecular weight excluding hydrogens is 270 g/mol. The number of imide groups is 2. The van der Waals surface area contributed by atoms with Gasteiger partial charge in [-0.05, 0) is 51.0 Å². The van der Waals surface area contributed by atoms with E-state index in [0.29, 0.717) is 5.69 Å². The lowest BCUT2D eigenvalue weighted by Crippen LogP contribution is -2.45. The molecule has 0 aromatic heterocycles. The maximum absolute atomic E-state index is 12.3. The molecule has 1 aromatic rings. The second-order valence-corrected chi connectivity index (χ2v) is 5.55. The zero-order valence-corrected chi connectivity index (χ0v) is 12.6. The van der Waals surface area contributed by atoms with Crippen molar-refractivity contribution in [3.63, 3.8) is 0 Å². The molecule has 0 radical (unpaired) electrons. The van der Waals surface area contributed by atoms with Gasteiger partial charge in [-0.1, -0.05) is 6.07 Å². The molecular formula is C15H19N3O3. The lowest BCUT2D eigenvalue weighted by atomic mass is 10.1. The third kappa shape index (κ3) is 3.04. The Morgan fingerprint density at radius 2 is 1.71 bits per heavy atom. The van der Waals surface area contributed by atoms with Crippen LogP contribution in [-0.2, 0) is 4.79 Å². The van der Waals surface area contributed by atoms with Crippen molar-refractivity contribution in [2.24, 2.45) is 0 Å². The van der Waals surface area contributed by atoms with Crippen molar-refractivity contribution < 1.29 is 14.4 Å². The number of carbonyl (C=O) groups is 3. The fraction of sp³-hybridized carbons (Fsp3) is 0.400. The molecule has 6 nitrogen and oxygen atoms in total. The number of anilines is 1. The van der Waals surface area contributed by atoms with Gasteiger partial charge < -0.3 is 5.32 Å². The predicted molar refractivity (Wildman–Crippen MR) is 79.2 cm³/mol. The summed E-state index contributed by atoms with van der Waals surface area (Å²) in [5, 5.41) is 2.62. The summed E-state index contributed by atoms with van der Waals surface area (Å²) in [4.78, 5) is 38.3. The van der Waals surface area contributed by atoms with E-state index < -0.39 is 18.0 Å². The van der Waals surface area contributed by atoms with Gasteiger partial charge in [0.2, 0.25) is 0 Å². The first-order chi connectivity index (χ1) is 9.79. The van der Waals surface area contributed by atoms with Crippen LogP contribution < -0.4 is 10.2 Å². The van der Waals surface area contributed by atoms with Crippen LogP contribution in [0.4, 0.5) is 15.3 Å². The number of rotatable bonds is 2. The average Bonchev–Trinajstić information content (AvgIpc) is 2.62. The Morgan fingerprint density at radius 3 is 2.24 bits per heavy atom. The maximum atomic E-state index is 12.3. The van der Waals surface area contributed by atoms with Gasteiger partial charge >= 0.3 is 12.1 Å². The van der Waals surface area contributed by atoms with Crippen LogP contribution in [0.25, 0.3) is 0 Å². The van der Waals surface area contributed by atoms with Crippen LogP contribution in [-0.4, -0.2) is 35.5 Å². The van der Waals surface area contributed by atoms with Crippen LogP contribution in [0, 0.1) is 13.8 Å². The second-order valence-electron chi connectivity index (χ2n) is 5.55. The lowest BCUT2D eigenvalue weighted by Gasteiger charge is -2.18. The van der Waals surface area contributed by atoms with Gasteiger partial charge in [0, 0.05) is 6.04 Å². The first-order valence-electron chi connectivity index (χ1n) is 6.83. The van der Waals surface area contributed by atoms with Crippen molar-refractivity contribution in [2.75, 3.05) is 11.4 Å². The Morgan fingerprint density at radius 1 is 1.14 bits per heavy atom. The SMILES string of the molecule is Cc1cc(C)cc(N2C(=O)CN(C(=O)NC(C)C)C2=O)c1. The number of aryl methyl sites for hydroxylation is 2. The van der Waals surface area contributed by atoms with Crippen LogP contribution in [0.1, 0.15) is 25.0 Å². The summed E-state index contributed by atoms with van der Waals surface area (Å²) in [5.74, 6) is -0.399. The van der Waals surface area contributed by atoms with Crippen LogP contribution >= 0.6 is 0 Å². The highest BCUT2D eigenvalue weighted by Crippen LogP contribution is 2.24. The highest BCUT2D eigenvalue weighted by molar-refractivity contribution is 6.24. The number of hydrogen-bond acceptors (Lipinski definition) is 3. The quantitative estimate of drug-likeness (QED) is 0.848. The topological polar surface area (TPSA) is 69.7 Å². The summed E-state index contributed by atoms with van der Waals surface area (Å²) >= 11 is 0. The van der Waals surface area contributed by atoms with Crippen molar-refractivity contribution in [3.05, 3.63) is 29.3 Å². The number of nitrogens with one attached hydrogen (secondary N) is 1. The fourth-order valence-corrected chi connectivity index (χ4v) is 2.32. The third-order valence-electron chi connectivity index (χ3n) is 3.09. The molecule has 0 bridgehead atoms. The highest BCUT2D eigenvalue weighted by Gasteiger charge is 2.40. The van der Waals surface area contributed by atoms with E-state index in [1.807, 2.05) is 19.9 Å². The zero-order chi connectivity index (χ0) is 15.7. The summed E-state index contributed by atoms with van der Waals surface area (Å²) in [6, 6.07) is 4.21. The number of hydrogen-bond donors (Lipinski definition) is 1. The van der Waals surface area contributed by atoms with Crippen LogP contribution in [0.15, 0.2) is 18.2 Å². The third-order valence-corrected chi connectivity index (χ3v) is 3.09. The van der Waals surface area contributed by atoms with Gasteiger partial charge in [-0.2, -0.15) is 0 Å². The molecule has 5 amide bonds. The minimum absolute atomic E-state index is 0.101. The molecule has 0 unspecified atom stereocenters. The van der Waals surface area contributed by atoms with Gasteiger partial charge in [0.05, 0.1) is 5.69 Å². The Kier molecular flexibility index (Phi) is 3.97. The van der Waals surface area contributed by atoms with E-state index in [-0.39, 0.29) is 12.6 Å². The van der Waals surface area contributed by atoms with E-state index in [1.54, 1.807) is 26.0 Å². The van der Waals surface area contributed by atoms with Crippen molar-refractivity contribution in [1.29, 1.82) is 0 Å². The van der Waals surface area contributed by atoms with Crippen molar-refractivity contribution in [2.45, 2.75) is 33.7 Å². The molecule has 1 saturated heterocycles. The molecule has 0 aliphatic carbocycles. The first kappa shape index (κ1) is 15.0. The summed E-state index contributed by atoms with van der Waals surface area (Å²) in [6.45, 7) is 7.14. The molecule has 2 rings (SSSR count). The van der Waals surface area contributed by atoms with Crippen LogP contribution in [0.2, 0.25) is 0 Å². The molecule has 1 aliphatic heterocycles. The van der Waals surface area contributed by atoms with Crippen molar-refractivity contribution in [1.82, 2.24) is 10.2 Å². The monoisotopic (exact) mass is 289 g/mol. The standard InChI is InChI=1S/C15H19N3O3/c1-9(2)16-14(20)17-8-13(19)18(15(17)21)12-6-10(3)5-11(4)7-12/h5-7,9H,8H2,1-4H3,(H,16,20). The Bertz CT molecular complexity index is 590. The first-order valence-corrected chi connectivity index (χ1v) is 6.83. The average molecular weight is 289 g/mol. The van der Waals surface area contributed by atoms with Crippen molar-refractivity contribution >= 4 is 23.7 Å². The normalized spacial score (nSPS) is 15.1. The van der Waals surface area contributed by atoms with Crippen LogP contribution in [0.3, 0.4) is 0 Å². The molecule has 1 heterocycles. The van der Waals surface area contributed by atoms with E-state index in [9.17, 15) is 14.4 Å². The lowest BCUT2D eigenvalue weighted by molar-refractivity contribution is -0.116. The van der Waals surface area contributed by atoms with E-state index in [4.69, 9.17) is 0 Å². The molecule has 112 valence electrons. The Hall–Kier alpha value is -2.37. The summed E-state index contributed by atoms with van der Waals surface area (Å²) in [5.41, 5.74) is 2.41. The predicted octanol–water partition coefficient (Wildman–Crippen LogP) is 2.19. The number of benzene rings is 1. The highest BCUT2D eigenvalue weighted by atomic mass is 16.2. The Balaban J connectivity index is 2.28.